The molecule has 244 valence electrons. The summed E-state index contributed by atoms with van der Waals surface area (Å²) < 4.78 is 92.8. The Labute approximate surface area is 245 Å². The maximum Gasteiger partial charge on any atom is 0.490 e. The van der Waals surface area contributed by atoms with E-state index in [2.05, 4.69) is 20.9 Å². The van der Waals surface area contributed by atoms with Crippen molar-refractivity contribution in [2.45, 2.75) is 19.3 Å². The zero-order valence-corrected chi connectivity index (χ0v) is 23.1. The quantitative estimate of drug-likeness (QED) is 0.317. The van der Waals surface area contributed by atoms with Crippen molar-refractivity contribution in [3.05, 3.63) is 53.1 Å². The molecular weight excluding hydrogens is 614 g/mol. The zero-order valence-electron chi connectivity index (χ0n) is 23.1. The summed E-state index contributed by atoms with van der Waals surface area (Å²) in [5.74, 6) is -8.00. The maximum atomic E-state index is 14.6. The minimum absolute atomic E-state index is 0.458. The molecule has 10 nitrogen and oxygen atoms in total. The van der Waals surface area contributed by atoms with Crippen LogP contribution in [0.15, 0.2) is 30.3 Å². The van der Waals surface area contributed by atoms with Gasteiger partial charge in [-0.2, -0.15) is 26.3 Å². The molecule has 0 radical (unpaired) electrons. The number of aryl methyl sites for hydroxylation is 1. The number of piperazine rings is 2. The highest BCUT2D eigenvalue weighted by Crippen LogP contribution is 2.26. The lowest BCUT2D eigenvalue weighted by molar-refractivity contribution is -0.193. The van der Waals surface area contributed by atoms with Gasteiger partial charge >= 0.3 is 24.3 Å². The number of hydrogen-bond donors (Lipinski definition) is 5. The number of carboxylic acid groups (broad SMARTS) is 2. The summed E-state index contributed by atoms with van der Waals surface area (Å²) in [5, 5.41) is 23.4. The number of halogens is 8. The number of amides is 1. The van der Waals surface area contributed by atoms with Gasteiger partial charge in [0.1, 0.15) is 17.2 Å². The van der Waals surface area contributed by atoms with Gasteiger partial charge in [-0.25, -0.2) is 18.4 Å². The number of nitrogens with one attached hydrogen (secondary N) is 3. The first kappa shape index (κ1) is 36.0. The molecule has 0 saturated carbocycles. The van der Waals surface area contributed by atoms with E-state index in [0.29, 0.717) is 24.5 Å². The molecule has 2 aliphatic heterocycles. The molecule has 2 fully saturated rings. The lowest BCUT2D eigenvalue weighted by atomic mass is 10.1. The van der Waals surface area contributed by atoms with Gasteiger partial charge in [0.15, 0.2) is 0 Å². The monoisotopic (exact) mass is 643 g/mol. The number of anilines is 3. The van der Waals surface area contributed by atoms with Crippen molar-refractivity contribution in [1.29, 1.82) is 0 Å². The zero-order chi connectivity index (χ0) is 33.2. The van der Waals surface area contributed by atoms with E-state index in [1.165, 1.54) is 12.1 Å². The van der Waals surface area contributed by atoms with Gasteiger partial charge in [-0.1, -0.05) is 0 Å². The van der Waals surface area contributed by atoms with Crippen molar-refractivity contribution < 1.29 is 59.7 Å². The number of benzene rings is 2. The molecule has 0 spiro atoms. The van der Waals surface area contributed by atoms with Crippen LogP contribution in [0.25, 0.3) is 0 Å². The minimum Gasteiger partial charge on any atom is -0.475 e. The van der Waals surface area contributed by atoms with E-state index in [-0.39, 0.29) is 0 Å². The van der Waals surface area contributed by atoms with Gasteiger partial charge in [-0.15, -0.1) is 0 Å². The van der Waals surface area contributed by atoms with Gasteiger partial charge in [-0.3, -0.25) is 4.79 Å². The molecule has 18 heteroatoms. The van der Waals surface area contributed by atoms with Crippen molar-refractivity contribution in [2.24, 2.45) is 0 Å². The number of hydrogen-bond acceptors (Lipinski definition) is 7. The molecule has 2 aromatic rings. The van der Waals surface area contributed by atoms with Crippen LogP contribution in [0.5, 0.6) is 0 Å². The van der Waals surface area contributed by atoms with Gasteiger partial charge in [0.25, 0.3) is 5.91 Å². The number of nitrogens with zero attached hydrogens (tertiary/aromatic N) is 2. The fourth-order valence-electron chi connectivity index (χ4n) is 4.07. The first-order valence-corrected chi connectivity index (χ1v) is 12.8. The number of rotatable bonds is 4. The number of carbonyl (C=O) groups excluding carboxylic acids is 1. The van der Waals surface area contributed by atoms with Crippen LogP contribution in [0, 0.1) is 18.6 Å². The first-order valence-electron chi connectivity index (χ1n) is 12.8. The SMILES string of the molecule is Cc1cc(NC(=O)c2c(F)cc(N3CCNCC3)cc2F)ccc1N1CCNCC1.O=C(O)C(F)(F)F.O=C(O)C(F)(F)F. The average Bonchev–Trinajstić information content (AvgIpc) is 2.93. The number of aliphatic carboxylic acids is 2. The smallest absolute Gasteiger partial charge is 0.475 e. The Kier molecular flexibility index (Phi) is 12.7. The molecule has 1 amide bonds. The van der Waals surface area contributed by atoms with Gasteiger partial charge in [-0.05, 0) is 42.8 Å². The van der Waals surface area contributed by atoms with Gasteiger partial charge in [0.05, 0.1) is 0 Å². The van der Waals surface area contributed by atoms with Crippen molar-refractivity contribution in [3.8, 4) is 0 Å². The average molecular weight is 644 g/mol. The van der Waals surface area contributed by atoms with Crippen LogP contribution >= 0.6 is 0 Å². The van der Waals surface area contributed by atoms with Gasteiger partial charge in [0.2, 0.25) is 0 Å². The lowest BCUT2D eigenvalue weighted by Gasteiger charge is -2.31. The third kappa shape index (κ3) is 10.8. The highest BCUT2D eigenvalue weighted by atomic mass is 19.4. The molecule has 0 atom stereocenters. The Hall–Kier alpha value is -4.19. The molecule has 0 bridgehead atoms. The van der Waals surface area contributed by atoms with Crippen LogP contribution in [-0.2, 0) is 9.59 Å². The Morgan fingerprint density at radius 3 is 1.55 bits per heavy atom. The minimum atomic E-state index is -5.08. The van der Waals surface area contributed by atoms with Gasteiger partial charge < -0.3 is 36.0 Å². The third-order valence-electron chi connectivity index (χ3n) is 6.13. The standard InChI is InChI=1S/C22H27F2N5O.2C2HF3O2/c1-15-12-16(2-3-20(15)29-10-6-26-7-11-29)27-22(30)21-18(23)13-17(14-19(21)24)28-8-4-25-5-9-28;2*3-2(4,5)1(6)7/h2-3,12-14,25-26H,4-11H2,1H3,(H,27,30);2*(H,6,7). The van der Waals surface area contributed by atoms with E-state index in [0.717, 1.165) is 50.5 Å². The molecule has 5 N–H and O–H groups in total. The van der Waals surface area contributed by atoms with E-state index in [1.54, 1.807) is 6.07 Å². The summed E-state index contributed by atoms with van der Waals surface area (Å²) in [6.07, 6.45) is -10.2. The number of carboxylic acids is 2. The summed E-state index contributed by atoms with van der Waals surface area (Å²) in [5.41, 5.74) is 2.52. The van der Waals surface area contributed by atoms with Crippen LogP contribution in [0.3, 0.4) is 0 Å². The molecule has 2 aromatic carbocycles. The van der Waals surface area contributed by atoms with Crippen LogP contribution in [0.2, 0.25) is 0 Å². The molecule has 0 unspecified atom stereocenters. The summed E-state index contributed by atoms with van der Waals surface area (Å²) >= 11 is 0. The molecular formula is C26H29F8N5O5. The summed E-state index contributed by atoms with van der Waals surface area (Å²) in [7, 11) is 0. The fraction of sp³-hybridized carbons (Fsp3) is 0.423. The number of alkyl halides is 6. The predicted octanol–water partition coefficient (Wildman–Crippen LogP) is 3.61. The Bertz CT molecular complexity index is 1260. The highest BCUT2D eigenvalue weighted by molar-refractivity contribution is 6.05. The van der Waals surface area contributed by atoms with Crippen molar-refractivity contribution in [1.82, 2.24) is 10.6 Å². The normalized spacial score (nSPS) is 15.3. The Morgan fingerprint density at radius 2 is 1.16 bits per heavy atom. The number of carbonyl (C=O) groups is 3. The largest absolute Gasteiger partial charge is 0.490 e. The van der Waals surface area contributed by atoms with Crippen LogP contribution in [0.4, 0.5) is 52.2 Å². The van der Waals surface area contributed by atoms with Gasteiger partial charge in [0, 0.05) is 69.4 Å². The topological polar surface area (TPSA) is 134 Å². The second-order valence-electron chi connectivity index (χ2n) is 9.32. The summed E-state index contributed by atoms with van der Waals surface area (Å²) in [6.45, 7) is 8.53. The van der Waals surface area contributed by atoms with Crippen molar-refractivity contribution in [3.63, 3.8) is 0 Å². The fourth-order valence-corrected chi connectivity index (χ4v) is 4.07. The van der Waals surface area contributed by atoms with Crippen LogP contribution in [0.1, 0.15) is 15.9 Å². The molecule has 2 heterocycles. The van der Waals surface area contributed by atoms with E-state index in [1.807, 2.05) is 24.0 Å². The Morgan fingerprint density at radius 1 is 0.750 bits per heavy atom. The van der Waals surface area contributed by atoms with E-state index < -0.39 is 47.4 Å². The third-order valence-corrected chi connectivity index (χ3v) is 6.13. The first-order chi connectivity index (χ1) is 20.4. The van der Waals surface area contributed by atoms with Crippen molar-refractivity contribution in [2.75, 3.05) is 67.5 Å². The summed E-state index contributed by atoms with van der Waals surface area (Å²) in [4.78, 5) is 34.6. The molecule has 4 rings (SSSR count). The molecule has 2 saturated heterocycles. The maximum absolute atomic E-state index is 14.6. The molecule has 0 aromatic heterocycles. The van der Waals surface area contributed by atoms with E-state index in [4.69, 9.17) is 19.8 Å². The van der Waals surface area contributed by atoms with Crippen LogP contribution in [-0.4, -0.2) is 92.8 Å². The molecule has 2 aliphatic rings. The van der Waals surface area contributed by atoms with Crippen molar-refractivity contribution >= 4 is 34.9 Å². The highest BCUT2D eigenvalue weighted by Gasteiger charge is 2.38. The van der Waals surface area contributed by atoms with E-state index >= 15 is 0 Å². The van der Waals surface area contributed by atoms with Crippen LogP contribution < -0.4 is 25.8 Å². The summed E-state index contributed by atoms with van der Waals surface area (Å²) in [6, 6.07) is 8.02. The Balaban J connectivity index is 0.000000402. The van der Waals surface area contributed by atoms with E-state index in [9.17, 15) is 39.9 Å². The molecule has 0 aliphatic carbocycles. The lowest BCUT2D eigenvalue weighted by Crippen LogP contribution is -2.43. The second-order valence-corrected chi connectivity index (χ2v) is 9.32. The molecule has 44 heavy (non-hydrogen) atoms. The second kappa shape index (κ2) is 15.5. The predicted molar refractivity (Wildman–Crippen MR) is 143 cm³/mol.